The van der Waals surface area contributed by atoms with Gasteiger partial charge >= 0.3 is 0 Å². The standard InChI is InChI=1S/C10H19N5O3S/c1-5-14(3)9(16)7(2)13-19(17,18)10-8(11)12-6-15(10)4/h6-7,13H,5,11H2,1-4H3. The second kappa shape index (κ2) is 5.57. The lowest BCUT2D eigenvalue weighted by Crippen LogP contribution is -2.45. The van der Waals surface area contributed by atoms with Gasteiger partial charge in [-0.05, 0) is 13.8 Å². The summed E-state index contributed by atoms with van der Waals surface area (Å²) in [6.07, 6.45) is 1.30. The molecule has 0 fully saturated rings. The maximum atomic E-state index is 12.1. The molecule has 0 aliphatic carbocycles. The van der Waals surface area contributed by atoms with E-state index in [1.165, 1.54) is 29.8 Å². The number of nitrogens with zero attached hydrogens (tertiary/aromatic N) is 3. The van der Waals surface area contributed by atoms with Crippen molar-refractivity contribution in [2.24, 2.45) is 7.05 Å². The molecular formula is C10H19N5O3S. The predicted octanol–water partition coefficient (Wildman–Crippen LogP) is -0.853. The minimum atomic E-state index is -3.89. The molecule has 3 N–H and O–H groups in total. The van der Waals surface area contributed by atoms with Crippen molar-refractivity contribution >= 4 is 21.7 Å². The lowest BCUT2D eigenvalue weighted by molar-refractivity contribution is -0.131. The molecule has 108 valence electrons. The van der Waals surface area contributed by atoms with Gasteiger partial charge in [-0.2, -0.15) is 4.72 Å². The summed E-state index contributed by atoms with van der Waals surface area (Å²) in [6.45, 7) is 3.79. The molecule has 0 aliphatic heterocycles. The third-order valence-electron chi connectivity index (χ3n) is 2.72. The molecule has 1 rings (SSSR count). The number of hydrogen-bond donors (Lipinski definition) is 2. The minimum Gasteiger partial charge on any atom is -0.381 e. The zero-order chi connectivity index (χ0) is 14.8. The molecule has 0 radical (unpaired) electrons. The van der Waals surface area contributed by atoms with Gasteiger partial charge in [0.1, 0.15) is 0 Å². The van der Waals surface area contributed by atoms with Gasteiger partial charge in [-0.15, -0.1) is 0 Å². The highest BCUT2D eigenvalue weighted by Crippen LogP contribution is 2.15. The van der Waals surface area contributed by atoms with Crippen molar-refractivity contribution in [3.63, 3.8) is 0 Å². The molecule has 0 aromatic carbocycles. The van der Waals surface area contributed by atoms with Crippen LogP contribution in [0.25, 0.3) is 0 Å². The van der Waals surface area contributed by atoms with Gasteiger partial charge in [-0.3, -0.25) is 4.79 Å². The monoisotopic (exact) mass is 289 g/mol. The van der Waals surface area contributed by atoms with Crippen molar-refractivity contribution in [3.05, 3.63) is 6.33 Å². The van der Waals surface area contributed by atoms with E-state index in [4.69, 9.17) is 5.73 Å². The number of nitrogen functional groups attached to an aromatic ring is 1. The zero-order valence-corrected chi connectivity index (χ0v) is 12.2. The Kier molecular flexibility index (Phi) is 4.53. The fourth-order valence-electron chi connectivity index (χ4n) is 1.59. The average Bonchev–Trinajstić information content (AvgIpc) is 2.66. The Hall–Kier alpha value is -1.61. The van der Waals surface area contributed by atoms with Crippen LogP contribution in [0, 0.1) is 0 Å². The zero-order valence-electron chi connectivity index (χ0n) is 11.4. The molecule has 0 aliphatic rings. The Morgan fingerprint density at radius 1 is 1.63 bits per heavy atom. The lowest BCUT2D eigenvalue weighted by Gasteiger charge is -2.20. The Morgan fingerprint density at radius 2 is 2.21 bits per heavy atom. The molecule has 1 heterocycles. The maximum absolute atomic E-state index is 12.1. The van der Waals surface area contributed by atoms with Crippen molar-refractivity contribution in [3.8, 4) is 0 Å². The smallest absolute Gasteiger partial charge is 0.260 e. The van der Waals surface area contributed by atoms with E-state index in [-0.39, 0.29) is 16.8 Å². The van der Waals surface area contributed by atoms with Crippen molar-refractivity contribution in [1.82, 2.24) is 19.2 Å². The van der Waals surface area contributed by atoms with Gasteiger partial charge in [-0.25, -0.2) is 13.4 Å². The highest BCUT2D eigenvalue weighted by molar-refractivity contribution is 7.89. The summed E-state index contributed by atoms with van der Waals surface area (Å²) in [6, 6.07) is -0.871. The van der Waals surface area contributed by atoms with Crippen LogP contribution in [0.5, 0.6) is 0 Å². The second-order valence-electron chi connectivity index (χ2n) is 4.24. The molecule has 1 atom stereocenters. The van der Waals surface area contributed by atoms with E-state index in [0.717, 1.165) is 0 Å². The van der Waals surface area contributed by atoms with Gasteiger partial charge in [0.25, 0.3) is 10.0 Å². The summed E-state index contributed by atoms with van der Waals surface area (Å²) >= 11 is 0. The van der Waals surface area contributed by atoms with Crippen LogP contribution in [0.4, 0.5) is 5.82 Å². The Morgan fingerprint density at radius 3 is 2.63 bits per heavy atom. The van der Waals surface area contributed by atoms with Crippen LogP contribution >= 0.6 is 0 Å². The fourth-order valence-corrected chi connectivity index (χ4v) is 3.02. The number of aromatic nitrogens is 2. The van der Waals surface area contributed by atoms with Gasteiger partial charge in [0.05, 0.1) is 12.4 Å². The summed E-state index contributed by atoms with van der Waals surface area (Å²) < 4.78 is 27.9. The molecule has 9 heteroatoms. The SMILES string of the molecule is CCN(C)C(=O)C(C)NS(=O)(=O)c1c(N)ncn1C. The average molecular weight is 289 g/mol. The van der Waals surface area contributed by atoms with E-state index in [1.807, 2.05) is 0 Å². The number of nitrogens with one attached hydrogen (secondary N) is 1. The molecule has 1 unspecified atom stereocenters. The highest BCUT2D eigenvalue weighted by atomic mass is 32.2. The summed E-state index contributed by atoms with van der Waals surface area (Å²) in [4.78, 5) is 17.0. The number of imidazole rings is 1. The number of anilines is 1. The van der Waals surface area contributed by atoms with Crippen molar-refractivity contribution in [2.45, 2.75) is 24.9 Å². The number of carbonyl (C=O) groups excluding carboxylic acids is 1. The third kappa shape index (κ3) is 3.24. The van der Waals surface area contributed by atoms with Crippen LogP contribution in [0.2, 0.25) is 0 Å². The number of hydrogen-bond acceptors (Lipinski definition) is 5. The summed E-state index contributed by atoms with van der Waals surface area (Å²) in [5.74, 6) is -0.412. The van der Waals surface area contributed by atoms with Crippen LogP contribution < -0.4 is 10.5 Å². The fraction of sp³-hybridized carbons (Fsp3) is 0.600. The molecule has 0 saturated heterocycles. The molecule has 19 heavy (non-hydrogen) atoms. The van der Waals surface area contributed by atoms with E-state index in [2.05, 4.69) is 9.71 Å². The highest BCUT2D eigenvalue weighted by Gasteiger charge is 2.27. The first-order valence-corrected chi connectivity index (χ1v) is 7.23. The molecule has 1 amide bonds. The van der Waals surface area contributed by atoms with Crippen molar-refractivity contribution in [1.29, 1.82) is 0 Å². The van der Waals surface area contributed by atoms with Crippen molar-refractivity contribution < 1.29 is 13.2 Å². The van der Waals surface area contributed by atoms with E-state index in [0.29, 0.717) is 6.54 Å². The predicted molar refractivity (Wildman–Crippen MR) is 70.7 cm³/mol. The molecular weight excluding hydrogens is 270 g/mol. The first kappa shape index (κ1) is 15.4. The number of amides is 1. The number of likely N-dealkylation sites (N-methyl/N-ethyl adjacent to an activating group) is 1. The van der Waals surface area contributed by atoms with Gasteiger partial charge in [0.15, 0.2) is 10.8 Å². The van der Waals surface area contributed by atoms with Gasteiger partial charge in [0.2, 0.25) is 5.91 Å². The molecule has 0 spiro atoms. The van der Waals surface area contributed by atoms with Crippen LogP contribution in [0.15, 0.2) is 11.4 Å². The second-order valence-corrected chi connectivity index (χ2v) is 5.87. The van der Waals surface area contributed by atoms with Crippen LogP contribution in [-0.4, -0.2) is 48.4 Å². The van der Waals surface area contributed by atoms with Crippen LogP contribution in [0.1, 0.15) is 13.8 Å². The summed E-state index contributed by atoms with van der Waals surface area (Å²) in [7, 11) is -0.767. The van der Waals surface area contributed by atoms with E-state index >= 15 is 0 Å². The Bertz CT molecular complexity index is 546. The number of nitrogens with two attached hydrogens (primary N) is 1. The largest absolute Gasteiger partial charge is 0.381 e. The summed E-state index contributed by atoms with van der Waals surface area (Å²) in [5, 5.41) is -0.147. The molecule has 8 nitrogen and oxygen atoms in total. The first-order valence-electron chi connectivity index (χ1n) is 5.74. The molecule has 0 bridgehead atoms. The number of sulfonamides is 1. The first-order chi connectivity index (χ1) is 8.70. The third-order valence-corrected chi connectivity index (χ3v) is 4.39. The summed E-state index contributed by atoms with van der Waals surface area (Å²) in [5.41, 5.74) is 5.52. The van der Waals surface area contributed by atoms with Gasteiger partial charge in [0, 0.05) is 20.6 Å². The van der Waals surface area contributed by atoms with Gasteiger partial charge in [-0.1, -0.05) is 0 Å². The number of rotatable bonds is 5. The molecule has 1 aromatic heterocycles. The normalized spacial score (nSPS) is 13.3. The van der Waals surface area contributed by atoms with Gasteiger partial charge < -0.3 is 15.2 Å². The molecule has 0 saturated carbocycles. The topological polar surface area (TPSA) is 110 Å². The quantitative estimate of drug-likeness (QED) is 0.733. The number of carbonyl (C=O) groups is 1. The van der Waals surface area contributed by atoms with Crippen LogP contribution in [-0.2, 0) is 21.9 Å². The van der Waals surface area contributed by atoms with Crippen LogP contribution in [0.3, 0.4) is 0 Å². The van der Waals surface area contributed by atoms with Crippen molar-refractivity contribution in [2.75, 3.05) is 19.3 Å². The maximum Gasteiger partial charge on any atom is 0.260 e. The Labute approximate surface area is 112 Å². The number of aryl methyl sites for hydroxylation is 1. The minimum absolute atomic E-state index is 0.0986. The Balaban J connectivity index is 2.96. The lowest BCUT2D eigenvalue weighted by atomic mass is 10.3. The van der Waals surface area contributed by atoms with E-state index in [1.54, 1.807) is 14.0 Å². The van der Waals surface area contributed by atoms with E-state index in [9.17, 15) is 13.2 Å². The van der Waals surface area contributed by atoms with E-state index < -0.39 is 16.1 Å². The molecule has 1 aromatic rings.